The SMILES string of the molecule is O=C(CC1CC1)N[C@@H](CCCCF)C(=O)O. The van der Waals surface area contributed by atoms with E-state index in [1.165, 1.54) is 0 Å². The van der Waals surface area contributed by atoms with Gasteiger partial charge in [0.2, 0.25) is 5.91 Å². The summed E-state index contributed by atoms with van der Waals surface area (Å²) >= 11 is 0. The number of aliphatic carboxylic acids is 1. The summed E-state index contributed by atoms with van der Waals surface area (Å²) in [4.78, 5) is 22.2. The van der Waals surface area contributed by atoms with Crippen LogP contribution in [0, 0.1) is 5.92 Å². The van der Waals surface area contributed by atoms with Crippen LogP contribution in [-0.4, -0.2) is 29.7 Å². The van der Waals surface area contributed by atoms with Crippen LogP contribution in [0.25, 0.3) is 0 Å². The Balaban J connectivity index is 2.25. The minimum atomic E-state index is -1.04. The molecule has 1 aliphatic carbocycles. The molecule has 2 N–H and O–H groups in total. The Bertz CT molecular complexity index is 254. The second-order valence-corrected chi connectivity index (χ2v) is 4.29. The van der Waals surface area contributed by atoms with Crippen molar-refractivity contribution in [2.24, 2.45) is 5.92 Å². The first kappa shape index (κ1) is 12.9. The number of amides is 1. The maximum Gasteiger partial charge on any atom is 0.326 e. The molecule has 5 heteroatoms. The van der Waals surface area contributed by atoms with Gasteiger partial charge in [0.15, 0.2) is 0 Å². The highest BCUT2D eigenvalue weighted by Gasteiger charge is 2.26. The van der Waals surface area contributed by atoms with Crippen LogP contribution < -0.4 is 5.32 Å². The van der Waals surface area contributed by atoms with Crippen LogP contribution in [0.3, 0.4) is 0 Å². The molecule has 0 aromatic carbocycles. The first-order valence-electron chi connectivity index (χ1n) is 5.71. The average Bonchev–Trinajstić information content (AvgIpc) is 3.00. The molecule has 0 heterocycles. The Morgan fingerprint density at radius 3 is 2.56 bits per heavy atom. The molecule has 1 aliphatic rings. The van der Waals surface area contributed by atoms with Crippen LogP contribution in [0.4, 0.5) is 4.39 Å². The monoisotopic (exact) mass is 231 g/mol. The molecule has 0 bridgehead atoms. The van der Waals surface area contributed by atoms with E-state index in [-0.39, 0.29) is 5.91 Å². The van der Waals surface area contributed by atoms with Gasteiger partial charge in [-0.1, -0.05) is 0 Å². The van der Waals surface area contributed by atoms with Crippen molar-refractivity contribution >= 4 is 11.9 Å². The molecule has 1 fully saturated rings. The van der Waals surface area contributed by atoms with Gasteiger partial charge in [-0.25, -0.2) is 4.79 Å². The summed E-state index contributed by atoms with van der Waals surface area (Å²) in [5.74, 6) is -0.793. The van der Waals surface area contributed by atoms with Gasteiger partial charge in [0.05, 0.1) is 6.67 Å². The van der Waals surface area contributed by atoms with Gasteiger partial charge in [-0.2, -0.15) is 0 Å². The molecule has 0 spiro atoms. The molecule has 1 amide bonds. The summed E-state index contributed by atoms with van der Waals surface area (Å²) in [7, 11) is 0. The zero-order valence-electron chi connectivity index (χ0n) is 9.25. The first-order chi connectivity index (χ1) is 7.63. The molecule has 1 saturated carbocycles. The molecule has 0 radical (unpaired) electrons. The summed E-state index contributed by atoms with van der Waals surface area (Å²) in [6, 6.07) is -0.863. The van der Waals surface area contributed by atoms with Crippen LogP contribution in [0.1, 0.15) is 38.5 Å². The highest BCUT2D eigenvalue weighted by atomic mass is 19.1. The largest absolute Gasteiger partial charge is 0.480 e. The van der Waals surface area contributed by atoms with E-state index in [0.717, 1.165) is 12.8 Å². The Hall–Kier alpha value is -1.13. The molecule has 1 rings (SSSR count). The van der Waals surface area contributed by atoms with Gasteiger partial charge in [0.1, 0.15) is 6.04 Å². The van der Waals surface area contributed by atoms with Crippen molar-refractivity contribution in [2.75, 3.05) is 6.67 Å². The van der Waals surface area contributed by atoms with E-state index in [1.54, 1.807) is 0 Å². The van der Waals surface area contributed by atoms with Gasteiger partial charge >= 0.3 is 5.97 Å². The Kier molecular flexibility index (Phi) is 5.22. The third kappa shape index (κ3) is 5.09. The standard InChI is InChI=1S/C11H18FNO3/c12-6-2-1-3-9(11(15)16)13-10(14)7-8-4-5-8/h8-9H,1-7H2,(H,13,14)(H,15,16)/t9-/m0/s1. The van der Waals surface area contributed by atoms with Crippen molar-refractivity contribution in [3.63, 3.8) is 0 Å². The summed E-state index contributed by atoms with van der Waals surface area (Å²) in [6.45, 7) is -0.442. The van der Waals surface area contributed by atoms with E-state index in [4.69, 9.17) is 5.11 Å². The van der Waals surface area contributed by atoms with Gasteiger partial charge in [-0.3, -0.25) is 9.18 Å². The number of rotatable bonds is 8. The fourth-order valence-electron chi connectivity index (χ4n) is 1.54. The lowest BCUT2D eigenvalue weighted by molar-refractivity contribution is -0.142. The molecule has 0 aliphatic heterocycles. The molecule has 0 unspecified atom stereocenters. The Labute approximate surface area is 94.2 Å². The molecule has 16 heavy (non-hydrogen) atoms. The Morgan fingerprint density at radius 2 is 2.06 bits per heavy atom. The number of nitrogens with one attached hydrogen (secondary N) is 1. The van der Waals surface area contributed by atoms with Crippen molar-refractivity contribution in [3.05, 3.63) is 0 Å². The smallest absolute Gasteiger partial charge is 0.326 e. The predicted molar refractivity (Wildman–Crippen MR) is 56.7 cm³/mol. The van der Waals surface area contributed by atoms with E-state index in [0.29, 0.717) is 31.6 Å². The third-order valence-electron chi connectivity index (χ3n) is 2.68. The minimum absolute atomic E-state index is 0.199. The van der Waals surface area contributed by atoms with Gasteiger partial charge in [-0.15, -0.1) is 0 Å². The number of unbranched alkanes of at least 4 members (excludes halogenated alkanes) is 1. The predicted octanol–water partition coefficient (Wildman–Crippen LogP) is 1.50. The zero-order valence-corrected chi connectivity index (χ0v) is 9.25. The van der Waals surface area contributed by atoms with Crippen LogP contribution >= 0.6 is 0 Å². The number of halogens is 1. The normalized spacial score (nSPS) is 16.8. The van der Waals surface area contributed by atoms with Crippen molar-refractivity contribution in [1.82, 2.24) is 5.32 Å². The van der Waals surface area contributed by atoms with Crippen LogP contribution in [-0.2, 0) is 9.59 Å². The molecular weight excluding hydrogens is 213 g/mol. The number of carboxylic acids is 1. The van der Waals surface area contributed by atoms with E-state index >= 15 is 0 Å². The number of alkyl halides is 1. The lowest BCUT2D eigenvalue weighted by Gasteiger charge is -2.13. The highest BCUT2D eigenvalue weighted by Crippen LogP contribution is 2.32. The van der Waals surface area contributed by atoms with Crippen LogP contribution in [0.2, 0.25) is 0 Å². The third-order valence-corrected chi connectivity index (χ3v) is 2.68. The average molecular weight is 231 g/mol. The summed E-state index contributed by atoms with van der Waals surface area (Å²) < 4.78 is 11.9. The van der Waals surface area contributed by atoms with E-state index in [1.807, 2.05) is 0 Å². The number of carbonyl (C=O) groups excluding carboxylic acids is 1. The molecule has 0 saturated heterocycles. The van der Waals surface area contributed by atoms with Crippen molar-refractivity contribution in [3.8, 4) is 0 Å². The molecule has 4 nitrogen and oxygen atoms in total. The van der Waals surface area contributed by atoms with Gasteiger partial charge in [-0.05, 0) is 38.0 Å². The van der Waals surface area contributed by atoms with Crippen LogP contribution in [0.5, 0.6) is 0 Å². The second-order valence-electron chi connectivity index (χ2n) is 4.29. The topological polar surface area (TPSA) is 66.4 Å². The van der Waals surface area contributed by atoms with Gasteiger partial charge < -0.3 is 10.4 Å². The quantitative estimate of drug-likeness (QED) is 0.622. The fraction of sp³-hybridized carbons (Fsp3) is 0.818. The fourth-order valence-corrected chi connectivity index (χ4v) is 1.54. The van der Waals surface area contributed by atoms with Crippen molar-refractivity contribution in [2.45, 2.75) is 44.6 Å². The van der Waals surface area contributed by atoms with Crippen molar-refractivity contribution in [1.29, 1.82) is 0 Å². The first-order valence-corrected chi connectivity index (χ1v) is 5.71. The maximum atomic E-state index is 11.9. The Morgan fingerprint density at radius 1 is 1.38 bits per heavy atom. The number of carboxylic acid groups (broad SMARTS) is 1. The lowest BCUT2D eigenvalue weighted by atomic mass is 10.1. The maximum absolute atomic E-state index is 11.9. The summed E-state index contributed by atoms with van der Waals surface area (Å²) in [6.07, 6.45) is 3.68. The minimum Gasteiger partial charge on any atom is -0.480 e. The second kappa shape index (κ2) is 6.45. The number of hydrogen-bond donors (Lipinski definition) is 2. The molecular formula is C11H18FNO3. The van der Waals surface area contributed by atoms with Crippen molar-refractivity contribution < 1.29 is 19.1 Å². The molecule has 92 valence electrons. The molecule has 0 aromatic rings. The van der Waals surface area contributed by atoms with Crippen LogP contribution in [0.15, 0.2) is 0 Å². The van der Waals surface area contributed by atoms with E-state index in [2.05, 4.69) is 5.32 Å². The summed E-state index contributed by atoms with van der Waals surface area (Å²) in [5, 5.41) is 11.3. The lowest BCUT2D eigenvalue weighted by Crippen LogP contribution is -2.40. The number of hydrogen-bond acceptors (Lipinski definition) is 2. The molecule has 0 aromatic heterocycles. The highest BCUT2D eigenvalue weighted by molar-refractivity contribution is 5.83. The van der Waals surface area contributed by atoms with Gasteiger partial charge in [0, 0.05) is 6.42 Å². The summed E-state index contributed by atoms with van der Waals surface area (Å²) in [5.41, 5.74) is 0. The van der Waals surface area contributed by atoms with E-state index in [9.17, 15) is 14.0 Å². The van der Waals surface area contributed by atoms with Gasteiger partial charge in [0.25, 0.3) is 0 Å². The van der Waals surface area contributed by atoms with E-state index < -0.39 is 18.7 Å². The number of carbonyl (C=O) groups is 2. The zero-order chi connectivity index (χ0) is 12.0. The molecule has 1 atom stereocenters.